The number of imidazole rings is 1. The van der Waals surface area contributed by atoms with Crippen molar-refractivity contribution in [3.05, 3.63) is 28.5 Å². The second-order valence-electron chi connectivity index (χ2n) is 3.27. The topological polar surface area (TPSA) is 55.1 Å². The Labute approximate surface area is 94.7 Å². The number of para-hydroxylation sites is 1. The van der Waals surface area contributed by atoms with Crippen molar-refractivity contribution in [1.82, 2.24) is 9.55 Å². The molecule has 0 amide bonds. The fourth-order valence-corrected chi connectivity index (χ4v) is 1.97. The summed E-state index contributed by atoms with van der Waals surface area (Å²) in [5.74, 6) is -0.311. The zero-order valence-electron chi connectivity index (χ0n) is 8.07. The summed E-state index contributed by atoms with van der Waals surface area (Å²) in [6.45, 7) is 0. The summed E-state index contributed by atoms with van der Waals surface area (Å²) in [5, 5.41) is 8.72. The Morgan fingerprint density at radius 2 is 2.33 bits per heavy atom. The van der Waals surface area contributed by atoms with Crippen LogP contribution in [0.4, 0.5) is 0 Å². The largest absolute Gasteiger partial charge is 0.481 e. The molecule has 1 heterocycles. The fraction of sp³-hybridized carbons (Fsp3) is 0.200. The third kappa shape index (κ3) is 1.74. The van der Waals surface area contributed by atoms with Gasteiger partial charge in [-0.1, -0.05) is 6.07 Å². The number of carboxylic acids is 1. The number of hydrogen-bond donors (Lipinski definition) is 1. The third-order valence-electron chi connectivity index (χ3n) is 2.26. The first-order valence-corrected chi connectivity index (χ1v) is 5.20. The van der Waals surface area contributed by atoms with E-state index in [9.17, 15) is 4.79 Å². The molecule has 15 heavy (non-hydrogen) atoms. The maximum atomic E-state index is 10.6. The van der Waals surface area contributed by atoms with Crippen LogP contribution in [0, 0.1) is 0 Å². The van der Waals surface area contributed by atoms with Crippen LogP contribution in [0.3, 0.4) is 0 Å². The minimum Gasteiger partial charge on any atom is -0.481 e. The van der Waals surface area contributed by atoms with E-state index in [0.717, 1.165) is 15.5 Å². The first-order valence-electron chi connectivity index (χ1n) is 4.41. The molecule has 2 rings (SSSR count). The van der Waals surface area contributed by atoms with E-state index < -0.39 is 5.97 Å². The highest BCUT2D eigenvalue weighted by Gasteiger charge is 2.12. The van der Waals surface area contributed by atoms with Gasteiger partial charge in [-0.3, -0.25) is 4.79 Å². The monoisotopic (exact) mass is 268 g/mol. The molecule has 0 unspecified atom stereocenters. The normalized spacial score (nSPS) is 10.8. The van der Waals surface area contributed by atoms with Crippen LogP contribution in [0.15, 0.2) is 22.7 Å². The molecule has 0 fully saturated rings. The summed E-state index contributed by atoms with van der Waals surface area (Å²) in [4.78, 5) is 14.9. The zero-order valence-corrected chi connectivity index (χ0v) is 9.65. The second-order valence-corrected chi connectivity index (χ2v) is 4.12. The molecule has 1 aromatic heterocycles. The molecular formula is C10H9BrN2O2. The Morgan fingerprint density at radius 3 is 2.93 bits per heavy atom. The Morgan fingerprint density at radius 1 is 1.60 bits per heavy atom. The number of hydrogen-bond acceptors (Lipinski definition) is 2. The molecule has 0 saturated heterocycles. The standard InChI is InChI=1S/C10H9BrN2O2/c1-13-7-4-2-3-6(11)10(7)12-8(13)5-9(14)15/h2-4H,5H2,1H3,(H,14,15). The van der Waals surface area contributed by atoms with E-state index in [0.29, 0.717) is 5.82 Å². The van der Waals surface area contributed by atoms with Gasteiger partial charge in [-0.25, -0.2) is 4.98 Å². The van der Waals surface area contributed by atoms with Gasteiger partial charge in [-0.15, -0.1) is 0 Å². The van der Waals surface area contributed by atoms with Crippen LogP contribution in [0.1, 0.15) is 5.82 Å². The molecule has 0 saturated carbocycles. The van der Waals surface area contributed by atoms with Crippen molar-refractivity contribution in [3.63, 3.8) is 0 Å². The summed E-state index contributed by atoms with van der Waals surface area (Å²) < 4.78 is 2.68. The number of aliphatic carboxylic acids is 1. The molecule has 0 spiro atoms. The average molecular weight is 269 g/mol. The van der Waals surface area contributed by atoms with Crippen molar-refractivity contribution in [2.24, 2.45) is 7.05 Å². The van der Waals surface area contributed by atoms with Crippen LogP contribution in [0.25, 0.3) is 11.0 Å². The summed E-state index contributed by atoms with van der Waals surface area (Å²) >= 11 is 3.39. The molecule has 1 aromatic carbocycles. The lowest BCUT2D eigenvalue weighted by molar-refractivity contribution is -0.136. The van der Waals surface area contributed by atoms with Gasteiger partial charge in [-0.05, 0) is 28.1 Å². The summed E-state index contributed by atoms with van der Waals surface area (Å²) in [6, 6.07) is 5.71. The lowest BCUT2D eigenvalue weighted by Gasteiger charge is -1.98. The average Bonchev–Trinajstić information content (AvgIpc) is 2.46. The SMILES string of the molecule is Cn1c(CC(=O)O)nc2c(Br)cccc21. The number of aromatic nitrogens is 2. The van der Waals surface area contributed by atoms with E-state index >= 15 is 0 Å². The van der Waals surface area contributed by atoms with E-state index in [1.54, 1.807) is 4.57 Å². The van der Waals surface area contributed by atoms with Crippen molar-refractivity contribution in [2.75, 3.05) is 0 Å². The minimum absolute atomic E-state index is 0.0579. The molecule has 1 N–H and O–H groups in total. The van der Waals surface area contributed by atoms with Gasteiger partial charge in [-0.2, -0.15) is 0 Å². The smallest absolute Gasteiger partial charge is 0.311 e. The number of carbonyl (C=O) groups is 1. The number of carboxylic acid groups (broad SMARTS) is 1. The molecule has 0 aliphatic heterocycles. The first-order chi connectivity index (χ1) is 7.09. The predicted octanol–water partition coefficient (Wildman–Crippen LogP) is 1.96. The lowest BCUT2D eigenvalue weighted by Crippen LogP contribution is -2.06. The molecule has 78 valence electrons. The lowest BCUT2D eigenvalue weighted by atomic mass is 10.3. The van der Waals surface area contributed by atoms with E-state index in [1.165, 1.54) is 0 Å². The van der Waals surface area contributed by atoms with Gasteiger partial charge in [0.05, 0.1) is 5.52 Å². The number of fused-ring (bicyclic) bond motifs is 1. The summed E-state index contributed by atoms with van der Waals surface area (Å²) in [6.07, 6.45) is -0.0579. The molecule has 0 aliphatic rings. The van der Waals surface area contributed by atoms with Gasteiger partial charge in [0, 0.05) is 11.5 Å². The van der Waals surface area contributed by atoms with E-state index in [-0.39, 0.29) is 6.42 Å². The number of rotatable bonds is 2. The van der Waals surface area contributed by atoms with Crippen LogP contribution in [0.5, 0.6) is 0 Å². The number of aryl methyl sites for hydroxylation is 1. The predicted molar refractivity (Wildman–Crippen MR) is 59.8 cm³/mol. The minimum atomic E-state index is -0.871. The summed E-state index contributed by atoms with van der Waals surface area (Å²) in [7, 11) is 1.82. The van der Waals surface area contributed by atoms with E-state index in [4.69, 9.17) is 5.11 Å². The third-order valence-corrected chi connectivity index (χ3v) is 2.90. The number of halogens is 1. The van der Waals surface area contributed by atoms with Crippen LogP contribution in [0.2, 0.25) is 0 Å². The molecule has 2 aromatic rings. The van der Waals surface area contributed by atoms with Crippen molar-refractivity contribution in [3.8, 4) is 0 Å². The molecular weight excluding hydrogens is 260 g/mol. The summed E-state index contributed by atoms with van der Waals surface area (Å²) in [5.41, 5.74) is 1.73. The molecule has 0 bridgehead atoms. The van der Waals surface area contributed by atoms with Crippen LogP contribution >= 0.6 is 15.9 Å². The van der Waals surface area contributed by atoms with Gasteiger partial charge in [0.15, 0.2) is 0 Å². The van der Waals surface area contributed by atoms with Gasteiger partial charge < -0.3 is 9.67 Å². The maximum absolute atomic E-state index is 10.6. The molecule has 0 atom stereocenters. The van der Waals surface area contributed by atoms with Gasteiger partial charge in [0.25, 0.3) is 0 Å². The Kier molecular flexibility index (Phi) is 2.48. The quantitative estimate of drug-likeness (QED) is 0.906. The van der Waals surface area contributed by atoms with E-state index in [2.05, 4.69) is 20.9 Å². The van der Waals surface area contributed by atoms with Gasteiger partial charge >= 0.3 is 5.97 Å². The highest BCUT2D eigenvalue weighted by molar-refractivity contribution is 9.10. The molecule has 0 aliphatic carbocycles. The highest BCUT2D eigenvalue weighted by Crippen LogP contribution is 2.23. The first kappa shape index (κ1) is 10.2. The Hall–Kier alpha value is -1.36. The van der Waals surface area contributed by atoms with Gasteiger partial charge in [0.1, 0.15) is 17.8 Å². The van der Waals surface area contributed by atoms with Crippen molar-refractivity contribution >= 4 is 32.9 Å². The van der Waals surface area contributed by atoms with Crippen molar-refractivity contribution < 1.29 is 9.90 Å². The van der Waals surface area contributed by atoms with Gasteiger partial charge in [0.2, 0.25) is 0 Å². The van der Waals surface area contributed by atoms with Crippen LogP contribution in [-0.4, -0.2) is 20.6 Å². The number of nitrogens with zero attached hydrogens (tertiary/aromatic N) is 2. The maximum Gasteiger partial charge on any atom is 0.311 e. The van der Waals surface area contributed by atoms with Crippen LogP contribution < -0.4 is 0 Å². The molecule has 4 nitrogen and oxygen atoms in total. The fourth-order valence-electron chi connectivity index (χ4n) is 1.52. The highest BCUT2D eigenvalue weighted by atomic mass is 79.9. The van der Waals surface area contributed by atoms with E-state index in [1.807, 2.05) is 25.2 Å². The second kappa shape index (κ2) is 3.66. The van der Waals surface area contributed by atoms with Crippen molar-refractivity contribution in [1.29, 1.82) is 0 Å². The Balaban J connectivity index is 2.64. The van der Waals surface area contributed by atoms with Crippen LogP contribution in [-0.2, 0) is 18.3 Å². The number of benzene rings is 1. The Bertz CT molecular complexity index is 533. The zero-order chi connectivity index (χ0) is 11.0. The van der Waals surface area contributed by atoms with Crippen molar-refractivity contribution in [2.45, 2.75) is 6.42 Å². The molecule has 5 heteroatoms. The molecule has 0 radical (unpaired) electrons.